The van der Waals surface area contributed by atoms with Gasteiger partial charge in [0.05, 0.1) is 12.6 Å². The zero-order valence-corrected chi connectivity index (χ0v) is 7.55. The number of amides is 1. The van der Waals surface area contributed by atoms with Crippen molar-refractivity contribution in [2.45, 2.75) is 38.6 Å². The van der Waals surface area contributed by atoms with E-state index in [1.807, 2.05) is 6.92 Å². The molecule has 3 nitrogen and oxygen atoms in total. The Morgan fingerprint density at radius 2 is 2.33 bits per heavy atom. The predicted molar refractivity (Wildman–Crippen MR) is 46.6 cm³/mol. The molecule has 0 radical (unpaired) electrons. The van der Waals surface area contributed by atoms with Gasteiger partial charge in [0.2, 0.25) is 5.91 Å². The molecule has 2 N–H and O–H groups in total. The van der Waals surface area contributed by atoms with Gasteiger partial charge in [-0.15, -0.1) is 0 Å². The van der Waals surface area contributed by atoms with Gasteiger partial charge >= 0.3 is 0 Å². The van der Waals surface area contributed by atoms with E-state index in [0.717, 1.165) is 6.42 Å². The number of aliphatic hydroxyl groups excluding tert-OH is 1. The molecule has 0 aliphatic heterocycles. The normalized spacial score (nSPS) is 18.8. The predicted octanol–water partition coefficient (Wildman–Crippen LogP) is 0.674. The lowest BCUT2D eigenvalue weighted by atomic mass is 10.2. The second kappa shape index (κ2) is 4.45. The van der Waals surface area contributed by atoms with Gasteiger partial charge < -0.3 is 10.4 Å². The molecule has 1 unspecified atom stereocenters. The van der Waals surface area contributed by atoms with E-state index in [1.165, 1.54) is 12.8 Å². The van der Waals surface area contributed by atoms with Crippen LogP contribution in [0.2, 0.25) is 0 Å². The van der Waals surface area contributed by atoms with Crippen LogP contribution < -0.4 is 5.32 Å². The van der Waals surface area contributed by atoms with E-state index in [1.54, 1.807) is 0 Å². The molecule has 1 aliphatic carbocycles. The SMILES string of the molecule is CCC(CO)NC(=O)CC1CC1. The van der Waals surface area contributed by atoms with Crippen molar-refractivity contribution in [1.29, 1.82) is 0 Å². The molecule has 0 aromatic carbocycles. The molecular formula is C9H17NO2. The highest BCUT2D eigenvalue weighted by atomic mass is 16.3. The average Bonchev–Trinajstić information content (AvgIpc) is 2.84. The molecule has 1 fully saturated rings. The fraction of sp³-hybridized carbons (Fsp3) is 0.889. The highest BCUT2D eigenvalue weighted by molar-refractivity contribution is 5.76. The Balaban J connectivity index is 2.13. The summed E-state index contributed by atoms with van der Waals surface area (Å²) in [4.78, 5) is 11.2. The van der Waals surface area contributed by atoms with E-state index in [-0.39, 0.29) is 18.6 Å². The fourth-order valence-electron chi connectivity index (χ4n) is 1.15. The topological polar surface area (TPSA) is 49.3 Å². The Labute approximate surface area is 73.2 Å². The maximum atomic E-state index is 11.2. The highest BCUT2D eigenvalue weighted by Crippen LogP contribution is 2.32. The Kier molecular flexibility index (Phi) is 3.53. The Morgan fingerprint density at radius 3 is 2.75 bits per heavy atom. The van der Waals surface area contributed by atoms with Crippen molar-refractivity contribution in [3.05, 3.63) is 0 Å². The molecule has 0 aromatic heterocycles. The van der Waals surface area contributed by atoms with Gasteiger partial charge in [0, 0.05) is 6.42 Å². The van der Waals surface area contributed by atoms with Crippen molar-refractivity contribution in [3.63, 3.8) is 0 Å². The lowest BCUT2D eigenvalue weighted by molar-refractivity contribution is -0.122. The minimum Gasteiger partial charge on any atom is -0.394 e. The van der Waals surface area contributed by atoms with Gasteiger partial charge in [-0.25, -0.2) is 0 Å². The van der Waals surface area contributed by atoms with Gasteiger partial charge in [-0.3, -0.25) is 4.79 Å². The largest absolute Gasteiger partial charge is 0.394 e. The summed E-state index contributed by atoms with van der Waals surface area (Å²) < 4.78 is 0. The lowest BCUT2D eigenvalue weighted by Gasteiger charge is -2.13. The Bertz CT molecular complexity index is 151. The molecular weight excluding hydrogens is 154 g/mol. The minimum atomic E-state index is -0.0451. The summed E-state index contributed by atoms with van der Waals surface area (Å²) in [6.45, 7) is 2.01. The lowest BCUT2D eigenvalue weighted by Crippen LogP contribution is -2.36. The van der Waals surface area contributed by atoms with Gasteiger partial charge in [0.25, 0.3) is 0 Å². The molecule has 0 bridgehead atoms. The van der Waals surface area contributed by atoms with E-state index in [2.05, 4.69) is 5.32 Å². The van der Waals surface area contributed by atoms with Crippen molar-refractivity contribution >= 4 is 5.91 Å². The fourth-order valence-corrected chi connectivity index (χ4v) is 1.15. The summed E-state index contributed by atoms with van der Waals surface area (Å²) >= 11 is 0. The van der Waals surface area contributed by atoms with E-state index >= 15 is 0 Å². The number of hydrogen-bond acceptors (Lipinski definition) is 2. The zero-order chi connectivity index (χ0) is 8.97. The molecule has 0 spiro atoms. The van der Waals surface area contributed by atoms with Crippen molar-refractivity contribution in [2.24, 2.45) is 5.92 Å². The van der Waals surface area contributed by atoms with Crippen LogP contribution in [0.15, 0.2) is 0 Å². The van der Waals surface area contributed by atoms with Crippen LogP contribution in [-0.2, 0) is 4.79 Å². The van der Waals surface area contributed by atoms with E-state index in [0.29, 0.717) is 12.3 Å². The van der Waals surface area contributed by atoms with E-state index in [9.17, 15) is 4.79 Å². The summed E-state index contributed by atoms with van der Waals surface area (Å²) in [6.07, 6.45) is 3.84. The Morgan fingerprint density at radius 1 is 1.67 bits per heavy atom. The molecule has 1 atom stereocenters. The molecule has 1 amide bonds. The van der Waals surface area contributed by atoms with Crippen LogP contribution in [0, 0.1) is 5.92 Å². The summed E-state index contributed by atoms with van der Waals surface area (Å²) in [5.74, 6) is 0.722. The number of rotatable bonds is 5. The van der Waals surface area contributed by atoms with Crippen molar-refractivity contribution in [2.75, 3.05) is 6.61 Å². The summed E-state index contributed by atoms with van der Waals surface area (Å²) in [5.41, 5.74) is 0. The second-order valence-electron chi connectivity index (χ2n) is 3.50. The molecule has 12 heavy (non-hydrogen) atoms. The number of hydrogen-bond donors (Lipinski definition) is 2. The summed E-state index contributed by atoms with van der Waals surface area (Å²) in [5, 5.41) is 11.6. The monoisotopic (exact) mass is 171 g/mol. The molecule has 0 heterocycles. The van der Waals surface area contributed by atoms with Crippen molar-refractivity contribution in [1.82, 2.24) is 5.32 Å². The Hall–Kier alpha value is -0.570. The first kappa shape index (κ1) is 9.52. The molecule has 1 aliphatic rings. The third-order valence-electron chi connectivity index (χ3n) is 2.25. The second-order valence-corrected chi connectivity index (χ2v) is 3.50. The number of carbonyl (C=O) groups is 1. The van der Waals surface area contributed by atoms with Crippen LogP contribution in [-0.4, -0.2) is 23.7 Å². The maximum Gasteiger partial charge on any atom is 0.220 e. The van der Waals surface area contributed by atoms with Gasteiger partial charge in [-0.1, -0.05) is 6.92 Å². The number of aliphatic hydroxyl groups is 1. The van der Waals surface area contributed by atoms with E-state index < -0.39 is 0 Å². The first-order chi connectivity index (χ1) is 5.76. The molecule has 0 saturated heterocycles. The van der Waals surface area contributed by atoms with Crippen molar-refractivity contribution in [3.8, 4) is 0 Å². The zero-order valence-electron chi connectivity index (χ0n) is 7.55. The smallest absolute Gasteiger partial charge is 0.220 e. The number of carbonyl (C=O) groups excluding carboxylic acids is 1. The van der Waals surface area contributed by atoms with Crippen LogP contribution in [0.5, 0.6) is 0 Å². The van der Waals surface area contributed by atoms with Crippen molar-refractivity contribution < 1.29 is 9.90 Å². The van der Waals surface area contributed by atoms with Gasteiger partial charge in [0.15, 0.2) is 0 Å². The molecule has 3 heteroatoms. The molecule has 70 valence electrons. The highest BCUT2D eigenvalue weighted by Gasteiger charge is 2.24. The molecule has 1 saturated carbocycles. The summed E-state index contributed by atoms with van der Waals surface area (Å²) in [6, 6.07) is -0.0451. The van der Waals surface area contributed by atoms with Crippen LogP contribution in [0.25, 0.3) is 0 Å². The van der Waals surface area contributed by atoms with Crippen LogP contribution in [0.1, 0.15) is 32.6 Å². The first-order valence-corrected chi connectivity index (χ1v) is 4.66. The summed E-state index contributed by atoms with van der Waals surface area (Å²) in [7, 11) is 0. The number of nitrogens with one attached hydrogen (secondary N) is 1. The van der Waals surface area contributed by atoms with Gasteiger partial charge in [-0.2, -0.15) is 0 Å². The maximum absolute atomic E-state index is 11.2. The third-order valence-corrected chi connectivity index (χ3v) is 2.25. The van der Waals surface area contributed by atoms with Crippen LogP contribution >= 0.6 is 0 Å². The average molecular weight is 171 g/mol. The van der Waals surface area contributed by atoms with E-state index in [4.69, 9.17) is 5.11 Å². The third kappa shape index (κ3) is 3.22. The quantitative estimate of drug-likeness (QED) is 0.639. The molecule has 0 aromatic rings. The standard InChI is InChI=1S/C9H17NO2/c1-2-8(6-11)10-9(12)5-7-3-4-7/h7-8,11H,2-6H2,1H3,(H,10,12). The minimum absolute atomic E-state index is 0.0451. The van der Waals surface area contributed by atoms with Gasteiger partial charge in [0.1, 0.15) is 0 Å². The van der Waals surface area contributed by atoms with Gasteiger partial charge in [-0.05, 0) is 25.2 Å². The van der Waals surface area contributed by atoms with Crippen LogP contribution in [0.3, 0.4) is 0 Å². The first-order valence-electron chi connectivity index (χ1n) is 4.66. The van der Waals surface area contributed by atoms with Crippen LogP contribution in [0.4, 0.5) is 0 Å². The molecule has 1 rings (SSSR count).